The average molecular weight is 393 g/mol. The summed E-state index contributed by atoms with van der Waals surface area (Å²) in [5.41, 5.74) is 0.325. The van der Waals surface area contributed by atoms with E-state index in [0.29, 0.717) is 35.5 Å². The molecule has 10 atom stereocenters. The maximum Gasteiger partial charge on any atom is 0.303 e. The Kier molecular flexibility index (Phi) is 5.36. The van der Waals surface area contributed by atoms with Gasteiger partial charge >= 0.3 is 5.97 Å². The molecule has 3 N–H and O–H groups in total. The maximum atomic E-state index is 11.4. The molecule has 4 aliphatic rings. The Bertz CT molecular complexity index is 605. The molecule has 160 valence electrons. The maximum absolute atomic E-state index is 11.4. The highest BCUT2D eigenvalue weighted by molar-refractivity contribution is 5.66. The van der Waals surface area contributed by atoms with Crippen LogP contribution in [-0.2, 0) is 4.79 Å². The molecule has 4 rings (SSSR count). The summed E-state index contributed by atoms with van der Waals surface area (Å²) < 4.78 is 0. The number of rotatable bonds is 4. The third kappa shape index (κ3) is 3.14. The van der Waals surface area contributed by atoms with E-state index in [2.05, 4.69) is 20.8 Å². The van der Waals surface area contributed by atoms with Gasteiger partial charge in [0, 0.05) is 6.42 Å². The van der Waals surface area contributed by atoms with Gasteiger partial charge in [-0.2, -0.15) is 0 Å². The van der Waals surface area contributed by atoms with Crippen LogP contribution < -0.4 is 0 Å². The first-order valence-corrected chi connectivity index (χ1v) is 11.7. The molecule has 0 saturated heterocycles. The van der Waals surface area contributed by atoms with Crippen LogP contribution in [0.25, 0.3) is 0 Å². The summed E-state index contributed by atoms with van der Waals surface area (Å²) in [5, 5.41) is 30.7. The van der Waals surface area contributed by atoms with Crippen LogP contribution in [0.1, 0.15) is 85.0 Å². The monoisotopic (exact) mass is 392 g/mol. The molecule has 0 aromatic carbocycles. The van der Waals surface area contributed by atoms with E-state index in [0.717, 1.165) is 32.1 Å². The van der Waals surface area contributed by atoms with Gasteiger partial charge in [0.05, 0.1) is 12.2 Å². The zero-order valence-corrected chi connectivity index (χ0v) is 17.9. The summed E-state index contributed by atoms with van der Waals surface area (Å²) in [6.45, 7) is 7.06. The van der Waals surface area contributed by atoms with Crippen molar-refractivity contribution < 1.29 is 20.1 Å². The Hall–Kier alpha value is -0.610. The molecule has 0 amide bonds. The van der Waals surface area contributed by atoms with Crippen LogP contribution in [0.4, 0.5) is 0 Å². The molecule has 4 heteroatoms. The van der Waals surface area contributed by atoms with Crippen LogP contribution in [0.5, 0.6) is 0 Å². The van der Waals surface area contributed by atoms with Gasteiger partial charge in [0.15, 0.2) is 0 Å². The second-order valence-electron chi connectivity index (χ2n) is 11.4. The molecule has 0 spiro atoms. The molecule has 0 unspecified atom stereocenters. The molecule has 4 saturated carbocycles. The molecule has 4 nitrogen and oxygen atoms in total. The minimum Gasteiger partial charge on any atom is -0.481 e. The second-order valence-corrected chi connectivity index (χ2v) is 11.4. The molecule has 0 aromatic rings. The first kappa shape index (κ1) is 20.7. The highest BCUT2D eigenvalue weighted by Gasteiger charge is 2.63. The molecule has 4 aliphatic carbocycles. The Morgan fingerprint density at radius 1 is 1.07 bits per heavy atom. The van der Waals surface area contributed by atoms with Crippen LogP contribution in [0.15, 0.2) is 0 Å². The van der Waals surface area contributed by atoms with Crippen LogP contribution in [0.3, 0.4) is 0 Å². The lowest BCUT2D eigenvalue weighted by Crippen LogP contribution is -2.59. The lowest BCUT2D eigenvalue weighted by atomic mass is 9.43. The number of hydrogen-bond acceptors (Lipinski definition) is 3. The van der Waals surface area contributed by atoms with E-state index in [9.17, 15) is 15.0 Å². The average Bonchev–Trinajstić information content (AvgIpc) is 2.96. The van der Waals surface area contributed by atoms with Crippen molar-refractivity contribution in [2.75, 3.05) is 0 Å². The number of aliphatic carboxylic acids is 1. The minimum absolute atomic E-state index is 0.147. The van der Waals surface area contributed by atoms with Gasteiger partial charge in [0.25, 0.3) is 0 Å². The molecule has 0 heterocycles. The van der Waals surface area contributed by atoms with Gasteiger partial charge in [-0.25, -0.2) is 0 Å². The first-order chi connectivity index (χ1) is 13.2. The molecular formula is C24H40O4. The van der Waals surface area contributed by atoms with Crippen molar-refractivity contribution in [3.8, 4) is 0 Å². The fraction of sp³-hybridized carbons (Fsp3) is 0.958. The van der Waals surface area contributed by atoms with Gasteiger partial charge < -0.3 is 15.3 Å². The zero-order valence-electron chi connectivity index (χ0n) is 17.9. The topological polar surface area (TPSA) is 77.8 Å². The van der Waals surface area contributed by atoms with Gasteiger partial charge in [-0.1, -0.05) is 20.8 Å². The highest BCUT2D eigenvalue weighted by Crippen LogP contribution is 2.68. The molecule has 0 bridgehead atoms. The minimum atomic E-state index is -0.693. The summed E-state index contributed by atoms with van der Waals surface area (Å²) in [6.07, 6.45) is 9.20. The number of carboxylic acid groups (broad SMARTS) is 1. The lowest BCUT2D eigenvalue weighted by Gasteiger charge is -2.62. The van der Waals surface area contributed by atoms with Crippen LogP contribution in [0.2, 0.25) is 0 Å². The van der Waals surface area contributed by atoms with Crippen molar-refractivity contribution in [3.05, 3.63) is 0 Å². The van der Waals surface area contributed by atoms with E-state index in [-0.39, 0.29) is 29.5 Å². The fourth-order valence-corrected chi connectivity index (χ4v) is 8.89. The third-order valence-electron chi connectivity index (χ3n) is 10.1. The van der Waals surface area contributed by atoms with Crippen molar-refractivity contribution in [1.82, 2.24) is 0 Å². The van der Waals surface area contributed by atoms with Crippen LogP contribution >= 0.6 is 0 Å². The zero-order chi connectivity index (χ0) is 20.3. The Labute approximate surface area is 170 Å². The number of fused-ring (bicyclic) bond motifs is 5. The quantitative estimate of drug-likeness (QED) is 0.659. The number of carboxylic acids is 1. The summed E-state index contributed by atoms with van der Waals surface area (Å²) >= 11 is 0. The van der Waals surface area contributed by atoms with Gasteiger partial charge in [0.1, 0.15) is 0 Å². The molecule has 4 fully saturated rings. The Morgan fingerprint density at radius 2 is 1.82 bits per heavy atom. The molecule has 0 radical (unpaired) electrons. The summed E-state index contributed by atoms with van der Waals surface area (Å²) in [4.78, 5) is 11.1. The predicted octanol–water partition coefficient (Wildman–Crippen LogP) is 4.48. The van der Waals surface area contributed by atoms with Gasteiger partial charge in [0.2, 0.25) is 0 Å². The summed E-state index contributed by atoms with van der Waals surface area (Å²) in [5.74, 6) is 2.46. The Balaban J connectivity index is 1.56. The molecular weight excluding hydrogens is 352 g/mol. The highest BCUT2D eigenvalue weighted by atomic mass is 16.4. The lowest BCUT2D eigenvalue weighted by molar-refractivity contribution is -0.179. The number of aliphatic hydroxyl groups is 2. The van der Waals surface area contributed by atoms with Gasteiger partial charge in [-0.05, 0) is 104 Å². The second kappa shape index (κ2) is 7.27. The van der Waals surface area contributed by atoms with E-state index < -0.39 is 5.97 Å². The largest absolute Gasteiger partial charge is 0.481 e. The first-order valence-electron chi connectivity index (χ1n) is 11.7. The van der Waals surface area contributed by atoms with Crippen molar-refractivity contribution in [2.24, 2.45) is 46.3 Å². The van der Waals surface area contributed by atoms with Crippen LogP contribution in [0, 0.1) is 46.3 Å². The van der Waals surface area contributed by atoms with Gasteiger partial charge in [-0.3, -0.25) is 4.79 Å². The van der Waals surface area contributed by atoms with E-state index >= 15 is 0 Å². The molecule has 0 aromatic heterocycles. The number of aliphatic hydroxyl groups excluding tert-OH is 2. The number of hydrogen-bond donors (Lipinski definition) is 3. The third-order valence-corrected chi connectivity index (χ3v) is 10.1. The normalized spacial score (nSPS) is 51.7. The van der Waals surface area contributed by atoms with Crippen molar-refractivity contribution >= 4 is 5.97 Å². The standard InChI is InChI=1S/C24H40O4/c1-14(4-9-21(27)28)18-7-8-19-17-6-5-15-12-16(25)10-11-23(15,2)22(17)20(26)13-24(18,19)3/h14-20,22,25-26H,4-13H2,1-3H3,(H,27,28)/t14-,15+,16+,17+,18-,19+,20+,22-,23+,24-/m1/s1. The molecule has 0 aliphatic heterocycles. The van der Waals surface area contributed by atoms with Gasteiger partial charge in [-0.15, -0.1) is 0 Å². The summed E-state index contributed by atoms with van der Waals surface area (Å²) in [6, 6.07) is 0. The fourth-order valence-electron chi connectivity index (χ4n) is 8.89. The number of carbonyl (C=O) groups is 1. The van der Waals surface area contributed by atoms with Crippen LogP contribution in [-0.4, -0.2) is 33.5 Å². The van der Waals surface area contributed by atoms with Crippen molar-refractivity contribution in [3.63, 3.8) is 0 Å². The summed E-state index contributed by atoms with van der Waals surface area (Å²) in [7, 11) is 0. The van der Waals surface area contributed by atoms with Crippen molar-refractivity contribution in [1.29, 1.82) is 0 Å². The van der Waals surface area contributed by atoms with E-state index in [4.69, 9.17) is 5.11 Å². The van der Waals surface area contributed by atoms with E-state index in [1.165, 1.54) is 25.7 Å². The van der Waals surface area contributed by atoms with E-state index in [1.807, 2.05) is 0 Å². The van der Waals surface area contributed by atoms with E-state index in [1.54, 1.807) is 0 Å². The SMILES string of the molecule is C[C@H](CCC(=O)O)[C@H]1CC[C@H]2[C@@H]3CC[C@H]4C[C@@H](O)CC[C@]4(C)[C@H]3[C@@H](O)C[C@]12C. The molecule has 28 heavy (non-hydrogen) atoms. The predicted molar refractivity (Wildman–Crippen MR) is 109 cm³/mol. The Morgan fingerprint density at radius 3 is 2.54 bits per heavy atom. The van der Waals surface area contributed by atoms with Crippen molar-refractivity contribution in [2.45, 2.75) is 97.2 Å². The smallest absolute Gasteiger partial charge is 0.303 e.